The third-order valence-electron chi connectivity index (χ3n) is 3.00. The van der Waals surface area contributed by atoms with Crippen LogP contribution in [0.5, 0.6) is 0 Å². The van der Waals surface area contributed by atoms with Gasteiger partial charge in [-0.2, -0.15) is 0 Å². The van der Waals surface area contributed by atoms with Crippen LogP contribution < -0.4 is 5.32 Å². The summed E-state index contributed by atoms with van der Waals surface area (Å²) in [4.78, 5) is 17.7. The molecule has 0 fully saturated rings. The normalized spacial score (nSPS) is 10.5. The van der Waals surface area contributed by atoms with Crippen LogP contribution in [0.3, 0.4) is 0 Å². The van der Waals surface area contributed by atoms with Crippen molar-refractivity contribution < 1.29 is 9.53 Å². The molecule has 1 aromatic carbocycles. The Hall–Kier alpha value is -1.37. The number of carbonyl (C=O) groups excluding carboxylic acids is 1. The Morgan fingerprint density at radius 3 is 2.83 bits per heavy atom. The van der Waals surface area contributed by atoms with Crippen LogP contribution in [0, 0.1) is 0 Å². The second kappa shape index (κ2) is 9.70. The fourth-order valence-corrected chi connectivity index (χ4v) is 3.02. The molecule has 0 unspecified atom stereocenters. The molecule has 1 amide bonds. The van der Waals surface area contributed by atoms with Gasteiger partial charge in [-0.3, -0.25) is 4.79 Å². The van der Waals surface area contributed by atoms with Gasteiger partial charge in [-0.15, -0.1) is 0 Å². The molecule has 0 saturated carbocycles. The molecule has 6 heteroatoms. The first-order valence-corrected chi connectivity index (χ1v) is 9.06. The van der Waals surface area contributed by atoms with Gasteiger partial charge in [-0.1, -0.05) is 27.7 Å². The zero-order chi connectivity index (χ0) is 16.5. The lowest BCUT2D eigenvalue weighted by molar-refractivity contribution is 0.0940. The van der Waals surface area contributed by atoms with Crippen molar-refractivity contribution >= 4 is 33.6 Å². The Kier molecular flexibility index (Phi) is 7.58. The molecular weight excluding hydrogens is 376 g/mol. The molecular formula is C17H19BrN2O2S. The zero-order valence-corrected chi connectivity index (χ0v) is 15.3. The predicted molar refractivity (Wildman–Crippen MR) is 95.9 cm³/mol. The standard InChI is InChI=1S/C17H19BrN2O2S/c1-2-22-12-4-11-19-16(21)15-5-3-10-20-17(15)23-14-8-6-13(18)7-9-14/h3,5-10H,2,4,11-12H2,1H3,(H,19,21). The highest BCUT2D eigenvalue weighted by atomic mass is 79.9. The van der Waals surface area contributed by atoms with E-state index >= 15 is 0 Å². The third-order valence-corrected chi connectivity index (χ3v) is 4.55. The van der Waals surface area contributed by atoms with E-state index in [-0.39, 0.29) is 5.91 Å². The van der Waals surface area contributed by atoms with Crippen molar-refractivity contribution in [3.05, 3.63) is 52.6 Å². The molecule has 0 atom stereocenters. The lowest BCUT2D eigenvalue weighted by atomic mass is 10.2. The van der Waals surface area contributed by atoms with E-state index in [2.05, 4.69) is 26.2 Å². The van der Waals surface area contributed by atoms with E-state index < -0.39 is 0 Å². The number of pyridine rings is 1. The van der Waals surface area contributed by atoms with Gasteiger partial charge < -0.3 is 10.1 Å². The molecule has 23 heavy (non-hydrogen) atoms. The molecule has 0 aliphatic rings. The minimum atomic E-state index is -0.103. The zero-order valence-electron chi connectivity index (χ0n) is 12.9. The number of carbonyl (C=O) groups is 1. The molecule has 0 aliphatic heterocycles. The number of nitrogens with one attached hydrogen (secondary N) is 1. The molecule has 0 saturated heterocycles. The van der Waals surface area contributed by atoms with Crippen molar-refractivity contribution in [3.8, 4) is 0 Å². The lowest BCUT2D eigenvalue weighted by Gasteiger charge is -2.09. The maximum atomic E-state index is 12.3. The van der Waals surface area contributed by atoms with Crippen molar-refractivity contribution in [1.29, 1.82) is 0 Å². The molecule has 0 aliphatic carbocycles. The number of hydrogen-bond acceptors (Lipinski definition) is 4. The van der Waals surface area contributed by atoms with Crippen LogP contribution in [0.25, 0.3) is 0 Å². The number of rotatable bonds is 8. The van der Waals surface area contributed by atoms with Gasteiger partial charge in [0.2, 0.25) is 0 Å². The number of halogens is 1. The van der Waals surface area contributed by atoms with Crippen LogP contribution in [0.4, 0.5) is 0 Å². The number of amides is 1. The van der Waals surface area contributed by atoms with Gasteiger partial charge in [0.15, 0.2) is 0 Å². The van der Waals surface area contributed by atoms with Crippen molar-refractivity contribution in [2.75, 3.05) is 19.8 Å². The van der Waals surface area contributed by atoms with E-state index in [1.807, 2.05) is 31.2 Å². The largest absolute Gasteiger partial charge is 0.382 e. The van der Waals surface area contributed by atoms with Gasteiger partial charge in [0.1, 0.15) is 5.03 Å². The van der Waals surface area contributed by atoms with Gasteiger partial charge in [0.05, 0.1) is 5.56 Å². The molecule has 122 valence electrons. The summed E-state index contributed by atoms with van der Waals surface area (Å²) in [6.45, 7) is 3.91. The molecule has 0 radical (unpaired) electrons. The van der Waals surface area contributed by atoms with Crippen molar-refractivity contribution in [2.24, 2.45) is 0 Å². The van der Waals surface area contributed by atoms with Crippen molar-refractivity contribution in [2.45, 2.75) is 23.3 Å². The number of hydrogen-bond donors (Lipinski definition) is 1. The van der Waals surface area contributed by atoms with E-state index in [4.69, 9.17) is 4.74 Å². The highest BCUT2D eigenvalue weighted by molar-refractivity contribution is 9.10. The summed E-state index contributed by atoms with van der Waals surface area (Å²) in [6.07, 6.45) is 2.50. The van der Waals surface area contributed by atoms with E-state index in [0.29, 0.717) is 30.3 Å². The first kappa shape index (κ1) is 18.0. The quantitative estimate of drug-likeness (QED) is 0.683. The number of nitrogens with zero attached hydrogens (tertiary/aromatic N) is 1. The average Bonchev–Trinajstić information content (AvgIpc) is 2.57. The molecule has 2 aromatic rings. The highest BCUT2D eigenvalue weighted by Crippen LogP contribution is 2.29. The Bertz CT molecular complexity index is 635. The minimum Gasteiger partial charge on any atom is -0.382 e. The predicted octanol–water partition coefficient (Wildman–Crippen LogP) is 4.15. The molecule has 0 spiro atoms. The topological polar surface area (TPSA) is 51.2 Å². The molecule has 0 bridgehead atoms. The maximum absolute atomic E-state index is 12.3. The first-order chi connectivity index (χ1) is 11.2. The monoisotopic (exact) mass is 394 g/mol. The van der Waals surface area contributed by atoms with Gasteiger partial charge >= 0.3 is 0 Å². The Morgan fingerprint density at radius 1 is 1.30 bits per heavy atom. The van der Waals surface area contributed by atoms with Crippen LogP contribution in [-0.2, 0) is 4.74 Å². The molecule has 4 nitrogen and oxygen atoms in total. The first-order valence-electron chi connectivity index (χ1n) is 7.45. The van der Waals surface area contributed by atoms with Gasteiger partial charge in [0.25, 0.3) is 5.91 Å². The summed E-state index contributed by atoms with van der Waals surface area (Å²) in [6, 6.07) is 11.5. The van der Waals surface area contributed by atoms with Gasteiger partial charge in [-0.25, -0.2) is 4.98 Å². The van der Waals surface area contributed by atoms with E-state index in [1.54, 1.807) is 18.3 Å². The summed E-state index contributed by atoms with van der Waals surface area (Å²) < 4.78 is 6.29. The second-order valence-electron chi connectivity index (χ2n) is 4.72. The van der Waals surface area contributed by atoms with Gasteiger partial charge in [-0.05, 0) is 49.7 Å². The third kappa shape index (κ3) is 5.97. The Labute approximate surface area is 149 Å². The lowest BCUT2D eigenvalue weighted by Crippen LogP contribution is -2.26. The average molecular weight is 395 g/mol. The van der Waals surface area contributed by atoms with Crippen LogP contribution in [-0.4, -0.2) is 30.6 Å². The van der Waals surface area contributed by atoms with E-state index in [9.17, 15) is 4.79 Å². The Balaban J connectivity index is 1.99. The van der Waals surface area contributed by atoms with E-state index in [0.717, 1.165) is 15.8 Å². The van der Waals surface area contributed by atoms with Crippen LogP contribution in [0.15, 0.2) is 57.0 Å². The van der Waals surface area contributed by atoms with Crippen molar-refractivity contribution in [1.82, 2.24) is 10.3 Å². The van der Waals surface area contributed by atoms with Crippen LogP contribution >= 0.6 is 27.7 Å². The summed E-state index contributed by atoms with van der Waals surface area (Å²) in [7, 11) is 0. The maximum Gasteiger partial charge on any atom is 0.254 e. The summed E-state index contributed by atoms with van der Waals surface area (Å²) >= 11 is 4.90. The van der Waals surface area contributed by atoms with E-state index in [1.165, 1.54) is 11.8 Å². The number of ether oxygens (including phenoxy) is 1. The summed E-state index contributed by atoms with van der Waals surface area (Å²) in [5.74, 6) is -0.103. The summed E-state index contributed by atoms with van der Waals surface area (Å²) in [5, 5.41) is 3.62. The fourth-order valence-electron chi connectivity index (χ4n) is 1.87. The molecule has 1 N–H and O–H groups in total. The number of benzene rings is 1. The summed E-state index contributed by atoms with van der Waals surface area (Å²) in [5.41, 5.74) is 0.594. The fraction of sp³-hybridized carbons (Fsp3) is 0.294. The van der Waals surface area contributed by atoms with Crippen molar-refractivity contribution in [3.63, 3.8) is 0 Å². The molecule has 1 aromatic heterocycles. The Morgan fingerprint density at radius 2 is 2.09 bits per heavy atom. The SMILES string of the molecule is CCOCCCNC(=O)c1cccnc1Sc1ccc(Br)cc1. The smallest absolute Gasteiger partial charge is 0.254 e. The highest BCUT2D eigenvalue weighted by Gasteiger charge is 2.12. The van der Waals surface area contributed by atoms with Crippen LogP contribution in [0.2, 0.25) is 0 Å². The minimum absolute atomic E-state index is 0.103. The van der Waals surface area contributed by atoms with Gasteiger partial charge in [0, 0.05) is 35.3 Å². The number of aromatic nitrogens is 1. The second-order valence-corrected chi connectivity index (χ2v) is 6.70. The molecule has 1 heterocycles. The molecule has 2 rings (SSSR count). The van der Waals surface area contributed by atoms with Crippen LogP contribution in [0.1, 0.15) is 23.7 Å².